The summed E-state index contributed by atoms with van der Waals surface area (Å²) in [5.41, 5.74) is 1.98. The zero-order chi connectivity index (χ0) is 19.2. The van der Waals surface area contributed by atoms with Crippen molar-refractivity contribution in [2.24, 2.45) is 0 Å². The molecule has 1 heterocycles. The molecule has 1 N–H and O–H groups in total. The molecule has 142 valence electrons. The Labute approximate surface area is 168 Å². The number of pyridine rings is 1. The highest BCUT2D eigenvalue weighted by Gasteiger charge is 2.12. The minimum absolute atomic E-state index is 0. The second-order valence-electron chi connectivity index (χ2n) is 5.61. The van der Waals surface area contributed by atoms with Gasteiger partial charge in [-0.25, -0.2) is 0 Å². The van der Waals surface area contributed by atoms with E-state index in [1.54, 1.807) is 49.7 Å². The minimum atomic E-state index is -0.497. The molecule has 1 aromatic heterocycles. The van der Waals surface area contributed by atoms with Crippen LogP contribution < -0.4 is 27.2 Å². The maximum Gasteiger partial charge on any atom is 0.266 e. The molecule has 28 heavy (non-hydrogen) atoms. The Morgan fingerprint density at radius 2 is 1.89 bits per heavy atom. The van der Waals surface area contributed by atoms with Gasteiger partial charge < -0.3 is 27.2 Å². The first-order valence-corrected chi connectivity index (χ1v) is 8.15. The molecule has 3 rings (SSSR count). The largest absolute Gasteiger partial charge is 1.00 e. The molecule has 0 saturated heterocycles. The highest BCUT2D eigenvalue weighted by Crippen LogP contribution is 2.28. The normalized spacial score (nSPS) is 10.5. The number of nitriles is 1. The lowest BCUT2D eigenvalue weighted by molar-refractivity contribution is -0.112. The zero-order valence-corrected chi connectivity index (χ0v) is 16.0. The third-order valence-corrected chi connectivity index (χ3v) is 3.98. The third kappa shape index (κ3) is 4.40. The van der Waals surface area contributed by atoms with Gasteiger partial charge in [0.1, 0.15) is 11.6 Å². The second-order valence-corrected chi connectivity index (χ2v) is 5.61. The van der Waals surface area contributed by atoms with Crippen molar-refractivity contribution in [3.8, 4) is 17.6 Å². The first kappa shape index (κ1) is 20.7. The van der Waals surface area contributed by atoms with Crippen LogP contribution in [0.1, 0.15) is 5.56 Å². The Balaban J connectivity index is 0.00000280. The van der Waals surface area contributed by atoms with Gasteiger partial charge in [-0.3, -0.25) is 9.78 Å². The van der Waals surface area contributed by atoms with E-state index in [1.807, 2.05) is 18.2 Å². The summed E-state index contributed by atoms with van der Waals surface area (Å²) in [4.78, 5) is 16.9. The molecule has 0 unspecified atom stereocenters. The van der Waals surface area contributed by atoms with Gasteiger partial charge in [0.25, 0.3) is 5.91 Å². The number of ether oxygens (including phenoxy) is 2. The lowest BCUT2D eigenvalue weighted by Crippen LogP contribution is -3.00. The number of carbonyl (C=O) groups excluding carboxylic acids is 1. The van der Waals surface area contributed by atoms with Crippen LogP contribution in [0.25, 0.3) is 17.0 Å². The first-order chi connectivity index (χ1) is 13.2. The Morgan fingerprint density at radius 3 is 2.61 bits per heavy atom. The quantitative estimate of drug-likeness (QED) is 0.511. The summed E-state index contributed by atoms with van der Waals surface area (Å²) in [7, 11) is 3.07. The van der Waals surface area contributed by atoms with Crippen molar-refractivity contribution in [1.29, 1.82) is 5.26 Å². The lowest BCUT2D eigenvalue weighted by atomic mass is 10.1. The molecule has 0 bridgehead atoms. The van der Waals surface area contributed by atoms with E-state index in [2.05, 4.69) is 10.3 Å². The number of nitrogens with one attached hydrogen (secondary N) is 1. The minimum Gasteiger partial charge on any atom is -1.00 e. The molecule has 7 heteroatoms. The number of hydrogen-bond acceptors (Lipinski definition) is 5. The number of halogens is 1. The first-order valence-electron chi connectivity index (χ1n) is 8.15. The molecule has 2 aromatic carbocycles. The predicted octanol–water partition coefficient (Wildman–Crippen LogP) is 0.802. The monoisotopic (exact) mass is 394 g/mol. The van der Waals surface area contributed by atoms with Crippen LogP contribution in [0, 0.1) is 11.3 Å². The van der Waals surface area contributed by atoms with E-state index in [0.717, 1.165) is 10.9 Å². The number of hydrogen-bond donors (Lipinski definition) is 1. The number of aromatic nitrogens is 1. The second kappa shape index (κ2) is 9.40. The van der Waals surface area contributed by atoms with E-state index >= 15 is 0 Å². The topological polar surface area (TPSA) is 84.2 Å². The van der Waals surface area contributed by atoms with E-state index in [4.69, 9.17) is 9.47 Å². The van der Waals surface area contributed by atoms with Crippen molar-refractivity contribution in [3.05, 3.63) is 65.9 Å². The Hall–Kier alpha value is -3.56. The molecule has 6 nitrogen and oxygen atoms in total. The van der Waals surface area contributed by atoms with Gasteiger partial charge in [0.05, 0.1) is 25.4 Å². The number of rotatable bonds is 5. The molecule has 0 fully saturated rings. The van der Waals surface area contributed by atoms with Crippen LogP contribution in [0.4, 0.5) is 5.69 Å². The van der Waals surface area contributed by atoms with Gasteiger partial charge in [-0.1, -0.05) is 12.1 Å². The SMILES string of the molecule is COc1ccc(/C=C(\C#N)C(=O)Nc2cccc3ncccc23)cc1OC.[Cl-]. The summed E-state index contributed by atoms with van der Waals surface area (Å²) >= 11 is 0. The molecule has 0 spiro atoms. The van der Waals surface area contributed by atoms with Gasteiger partial charge >= 0.3 is 0 Å². The fourth-order valence-electron chi connectivity index (χ4n) is 2.66. The highest BCUT2D eigenvalue weighted by molar-refractivity contribution is 6.12. The van der Waals surface area contributed by atoms with Gasteiger partial charge in [-0.05, 0) is 48.0 Å². The van der Waals surface area contributed by atoms with E-state index in [-0.39, 0.29) is 18.0 Å². The molecular weight excluding hydrogens is 378 g/mol. The molecular formula is C21H17ClN3O3-. The number of benzene rings is 2. The summed E-state index contributed by atoms with van der Waals surface area (Å²) in [5, 5.41) is 13.0. The molecule has 0 aliphatic carbocycles. The van der Waals surface area contributed by atoms with E-state index < -0.39 is 5.91 Å². The molecule has 0 saturated carbocycles. The summed E-state index contributed by atoms with van der Waals surface area (Å²) < 4.78 is 10.4. The van der Waals surface area contributed by atoms with E-state index in [0.29, 0.717) is 22.7 Å². The number of nitrogens with zero attached hydrogens (tertiary/aromatic N) is 2. The van der Waals surface area contributed by atoms with Gasteiger partial charge in [0, 0.05) is 11.6 Å². The van der Waals surface area contributed by atoms with Crippen LogP contribution in [0.5, 0.6) is 11.5 Å². The summed E-state index contributed by atoms with van der Waals surface area (Å²) in [6, 6.07) is 16.2. The maximum absolute atomic E-state index is 12.6. The predicted molar refractivity (Wildman–Crippen MR) is 104 cm³/mol. The number of amides is 1. The molecule has 0 aliphatic heterocycles. The maximum atomic E-state index is 12.6. The van der Waals surface area contributed by atoms with Crippen molar-refractivity contribution in [2.45, 2.75) is 0 Å². The number of methoxy groups -OCH3 is 2. The van der Waals surface area contributed by atoms with Crippen LogP contribution in [0.2, 0.25) is 0 Å². The zero-order valence-electron chi connectivity index (χ0n) is 15.3. The van der Waals surface area contributed by atoms with Crippen LogP contribution in [0.3, 0.4) is 0 Å². The molecule has 3 aromatic rings. The van der Waals surface area contributed by atoms with Crippen molar-refractivity contribution in [3.63, 3.8) is 0 Å². The van der Waals surface area contributed by atoms with Crippen molar-refractivity contribution in [1.82, 2.24) is 4.98 Å². The average molecular weight is 395 g/mol. The van der Waals surface area contributed by atoms with Crippen molar-refractivity contribution in [2.75, 3.05) is 19.5 Å². The Morgan fingerprint density at radius 1 is 1.11 bits per heavy atom. The Bertz CT molecular complexity index is 1070. The lowest BCUT2D eigenvalue weighted by Gasteiger charge is -2.09. The molecule has 0 atom stereocenters. The summed E-state index contributed by atoms with van der Waals surface area (Å²) in [6.07, 6.45) is 3.19. The Kier molecular flexibility index (Phi) is 6.96. The van der Waals surface area contributed by atoms with Crippen molar-refractivity contribution < 1.29 is 26.7 Å². The molecule has 0 aliphatic rings. The third-order valence-electron chi connectivity index (χ3n) is 3.98. The summed E-state index contributed by atoms with van der Waals surface area (Å²) in [6.45, 7) is 0. The van der Waals surface area contributed by atoms with E-state index in [9.17, 15) is 10.1 Å². The van der Waals surface area contributed by atoms with Gasteiger partial charge in [0.15, 0.2) is 11.5 Å². The van der Waals surface area contributed by atoms with Crippen LogP contribution in [-0.4, -0.2) is 25.1 Å². The average Bonchev–Trinajstić information content (AvgIpc) is 2.72. The fourth-order valence-corrected chi connectivity index (χ4v) is 2.66. The number of fused-ring (bicyclic) bond motifs is 1. The van der Waals surface area contributed by atoms with Gasteiger partial charge in [-0.2, -0.15) is 5.26 Å². The fraction of sp³-hybridized carbons (Fsp3) is 0.0952. The smallest absolute Gasteiger partial charge is 0.266 e. The van der Waals surface area contributed by atoms with Crippen LogP contribution in [-0.2, 0) is 4.79 Å². The number of carbonyl (C=O) groups is 1. The molecule has 1 amide bonds. The summed E-state index contributed by atoms with van der Waals surface area (Å²) in [5.74, 6) is 0.591. The van der Waals surface area contributed by atoms with Crippen LogP contribution in [0.15, 0.2) is 60.3 Å². The molecule has 0 radical (unpaired) electrons. The van der Waals surface area contributed by atoms with E-state index in [1.165, 1.54) is 13.2 Å². The standard InChI is InChI=1S/C21H17N3O3.ClH/c1-26-19-9-8-14(12-20(19)27-2)11-15(13-22)21(25)24-18-7-3-6-17-16(18)5-4-10-23-17;/h3-12H,1-2H3,(H,24,25);1H/p-1/b15-11+;. The van der Waals surface area contributed by atoms with Gasteiger partial charge in [-0.15, -0.1) is 0 Å². The number of anilines is 1. The van der Waals surface area contributed by atoms with Crippen LogP contribution >= 0.6 is 0 Å². The van der Waals surface area contributed by atoms with Crippen molar-refractivity contribution >= 4 is 28.6 Å². The highest BCUT2D eigenvalue weighted by atomic mass is 35.5. The van der Waals surface area contributed by atoms with Gasteiger partial charge in [0.2, 0.25) is 0 Å².